The molecule has 1 saturated heterocycles. The lowest BCUT2D eigenvalue weighted by Gasteiger charge is -2.43. The number of anilines is 1. The zero-order valence-electron chi connectivity index (χ0n) is 12.7. The molecule has 3 N–H and O–H groups in total. The summed E-state index contributed by atoms with van der Waals surface area (Å²) in [5, 5.41) is 5.19. The fourth-order valence-corrected chi connectivity index (χ4v) is 4.68. The van der Waals surface area contributed by atoms with Gasteiger partial charge >= 0.3 is 0 Å². The first-order valence-electron chi connectivity index (χ1n) is 8.06. The second-order valence-corrected chi connectivity index (χ2v) is 7.22. The van der Waals surface area contributed by atoms with Crippen molar-refractivity contribution in [2.75, 3.05) is 18.4 Å². The normalized spacial score (nSPS) is 25.5. The molecule has 2 aliphatic rings. The molecule has 0 bridgehead atoms. The van der Waals surface area contributed by atoms with Crippen molar-refractivity contribution < 1.29 is 9.59 Å². The average Bonchev–Trinajstić information content (AvgIpc) is 2.96. The summed E-state index contributed by atoms with van der Waals surface area (Å²) in [6, 6.07) is 2.22. The lowest BCUT2D eigenvalue weighted by atomic mass is 9.78. The summed E-state index contributed by atoms with van der Waals surface area (Å²) < 4.78 is 0. The molecule has 2 atom stereocenters. The van der Waals surface area contributed by atoms with E-state index in [0.29, 0.717) is 23.2 Å². The summed E-state index contributed by atoms with van der Waals surface area (Å²) in [7, 11) is 0. The maximum atomic E-state index is 12.3. The number of hydrogen-bond donors (Lipinski definition) is 2. The molecule has 2 fully saturated rings. The summed E-state index contributed by atoms with van der Waals surface area (Å²) in [6.07, 6.45) is 7.61. The summed E-state index contributed by atoms with van der Waals surface area (Å²) in [5.41, 5.74) is 5.71. The van der Waals surface area contributed by atoms with Gasteiger partial charge in [-0.05, 0) is 49.6 Å². The van der Waals surface area contributed by atoms with Crippen LogP contribution in [0.5, 0.6) is 0 Å². The highest BCUT2D eigenvalue weighted by atomic mass is 32.1. The molecule has 120 valence electrons. The molecule has 5 nitrogen and oxygen atoms in total. The maximum absolute atomic E-state index is 12.3. The second-order valence-electron chi connectivity index (χ2n) is 6.30. The number of rotatable bonds is 4. The van der Waals surface area contributed by atoms with Crippen molar-refractivity contribution in [2.45, 2.75) is 44.6 Å². The van der Waals surface area contributed by atoms with Crippen LogP contribution in [0, 0.1) is 5.92 Å². The third-order valence-corrected chi connectivity index (χ3v) is 5.72. The third-order valence-electron chi connectivity index (χ3n) is 4.89. The molecule has 22 heavy (non-hydrogen) atoms. The zero-order chi connectivity index (χ0) is 15.5. The number of nitrogens with zero attached hydrogens (tertiary/aromatic N) is 1. The highest BCUT2D eigenvalue weighted by molar-refractivity contribution is 7.14. The van der Waals surface area contributed by atoms with Crippen molar-refractivity contribution in [3.05, 3.63) is 17.0 Å². The zero-order valence-corrected chi connectivity index (χ0v) is 13.5. The number of piperidine rings is 1. The van der Waals surface area contributed by atoms with Gasteiger partial charge < -0.3 is 11.1 Å². The Morgan fingerprint density at radius 1 is 1.27 bits per heavy atom. The molecule has 1 aliphatic carbocycles. The lowest BCUT2D eigenvalue weighted by molar-refractivity contribution is -0.118. The van der Waals surface area contributed by atoms with Gasteiger partial charge in [-0.3, -0.25) is 14.5 Å². The molecule has 2 heterocycles. The van der Waals surface area contributed by atoms with E-state index in [4.69, 9.17) is 5.73 Å². The Hall–Kier alpha value is -1.40. The Bertz CT molecular complexity index is 555. The highest BCUT2D eigenvalue weighted by Crippen LogP contribution is 2.35. The van der Waals surface area contributed by atoms with Crippen molar-refractivity contribution in [3.8, 4) is 0 Å². The summed E-state index contributed by atoms with van der Waals surface area (Å²) >= 11 is 1.34. The van der Waals surface area contributed by atoms with Gasteiger partial charge in [0.15, 0.2) is 0 Å². The number of fused-ring (bicyclic) bond motifs is 1. The summed E-state index contributed by atoms with van der Waals surface area (Å²) in [5.74, 6) is 0.219. The number of nitrogens with two attached hydrogens (primary N) is 1. The first-order chi connectivity index (χ1) is 10.6. The Morgan fingerprint density at radius 3 is 2.86 bits per heavy atom. The molecule has 0 unspecified atom stereocenters. The summed E-state index contributed by atoms with van der Waals surface area (Å²) in [6.45, 7) is 1.42. The van der Waals surface area contributed by atoms with Crippen molar-refractivity contribution in [1.82, 2.24) is 4.90 Å². The predicted octanol–water partition coefficient (Wildman–Crippen LogP) is 2.44. The van der Waals surface area contributed by atoms with Gasteiger partial charge in [-0.25, -0.2) is 0 Å². The van der Waals surface area contributed by atoms with Gasteiger partial charge in [0.25, 0.3) is 5.91 Å². The minimum Gasteiger partial charge on any atom is -0.366 e. The van der Waals surface area contributed by atoms with Crippen LogP contribution in [0.4, 0.5) is 5.00 Å². The van der Waals surface area contributed by atoms with E-state index in [-0.39, 0.29) is 5.91 Å². The van der Waals surface area contributed by atoms with Gasteiger partial charge in [0.05, 0.1) is 12.1 Å². The lowest BCUT2D eigenvalue weighted by Crippen LogP contribution is -2.49. The molecule has 1 saturated carbocycles. The second kappa shape index (κ2) is 6.79. The van der Waals surface area contributed by atoms with Crippen LogP contribution >= 0.6 is 11.3 Å². The molecule has 6 heteroatoms. The van der Waals surface area contributed by atoms with Gasteiger partial charge in [-0.2, -0.15) is 0 Å². The van der Waals surface area contributed by atoms with Gasteiger partial charge in [0.1, 0.15) is 5.00 Å². The minimum atomic E-state index is -0.498. The largest absolute Gasteiger partial charge is 0.366 e. The van der Waals surface area contributed by atoms with Crippen molar-refractivity contribution in [1.29, 1.82) is 0 Å². The highest BCUT2D eigenvalue weighted by Gasteiger charge is 2.33. The number of carbonyl (C=O) groups excluding carboxylic acids is 2. The van der Waals surface area contributed by atoms with E-state index in [1.54, 1.807) is 11.4 Å². The van der Waals surface area contributed by atoms with E-state index >= 15 is 0 Å². The molecule has 1 aliphatic heterocycles. The first-order valence-corrected chi connectivity index (χ1v) is 8.94. The number of primary amides is 1. The predicted molar refractivity (Wildman–Crippen MR) is 88.0 cm³/mol. The van der Waals surface area contributed by atoms with Crippen LogP contribution in [0.1, 0.15) is 48.9 Å². The molecule has 0 radical (unpaired) electrons. The number of nitrogens with one attached hydrogen (secondary N) is 1. The van der Waals surface area contributed by atoms with Crippen LogP contribution < -0.4 is 11.1 Å². The van der Waals surface area contributed by atoms with Gasteiger partial charge in [0.2, 0.25) is 5.91 Å². The molecule has 0 aromatic carbocycles. The van der Waals surface area contributed by atoms with Gasteiger partial charge in [-0.1, -0.05) is 12.8 Å². The maximum Gasteiger partial charge on any atom is 0.251 e. The van der Waals surface area contributed by atoms with Crippen LogP contribution in [0.3, 0.4) is 0 Å². The van der Waals surface area contributed by atoms with Crippen LogP contribution in [0.2, 0.25) is 0 Å². The molecular formula is C16H23N3O2S. The average molecular weight is 321 g/mol. The Balaban J connectivity index is 1.61. The minimum absolute atomic E-state index is 0.0452. The van der Waals surface area contributed by atoms with Gasteiger partial charge in [-0.15, -0.1) is 11.3 Å². The van der Waals surface area contributed by atoms with E-state index in [2.05, 4.69) is 10.2 Å². The molecular weight excluding hydrogens is 298 g/mol. The summed E-state index contributed by atoms with van der Waals surface area (Å²) in [4.78, 5) is 26.0. The molecule has 1 aromatic rings. The van der Waals surface area contributed by atoms with Gasteiger partial charge in [0, 0.05) is 6.04 Å². The number of hydrogen-bond acceptors (Lipinski definition) is 4. The van der Waals surface area contributed by atoms with Crippen molar-refractivity contribution in [2.24, 2.45) is 11.7 Å². The topological polar surface area (TPSA) is 75.4 Å². The monoisotopic (exact) mass is 321 g/mol. The standard InChI is InChI=1S/C16H23N3O2S/c17-15(21)12-7-9-22-16(12)18-14(20)10-19-8-3-5-11-4-1-2-6-13(11)19/h7,9,11,13H,1-6,8,10H2,(H2,17,21)(H,18,20)/t11-,13+/m0/s1. The number of thiophene rings is 1. The fourth-order valence-electron chi connectivity index (χ4n) is 3.87. The number of carbonyl (C=O) groups is 2. The van der Waals surface area contributed by atoms with E-state index < -0.39 is 5.91 Å². The molecule has 3 rings (SSSR count). The van der Waals surface area contributed by atoms with E-state index in [1.165, 1.54) is 49.9 Å². The third kappa shape index (κ3) is 3.33. The number of amides is 2. The molecule has 0 spiro atoms. The smallest absolute Gasteiger partial charge is 0.251 e. The fraction of sp³-hybridized carbons (Fsp3) is 0.625. The van der Waals surface area contributed by atoms with E-state index in [0.717, 1.165) is 12.5 Å². The van der Waals surface area contributed by atoms with Crippen LogP contribution in [-0.4, -0.2) is 35.8 Å². The van der Waals surface area contributed by atoms with E-state index in [9.17, 15) is 9.59 Å². The Kier molecular flexibility index (Phi) is 4.78. The molecule has 2 amide bonds. The van der Waals surface area contributed by atoms with Crippen LogP contribution in [0.25, 0.3) is 0 Å². The first kappa shape index (κ1) is 15.5. The Labute approximate surface area is 134 Å². The Morgan fingerprint density at radius 2 is 2.05 bits per heavy atom. The number of likely N-dealkylation sites (tertiary alicyclic amines) is 1. The van der Waals surface area contributed by atoms with Crippen LogP contribution in [-0.2, 0) is 4.79 Å². The quantitative estimate of drug-likeness (QED) is 0.894. The van der Waals surface area contributed by atoms with Crippen molar-refractivity contribution in [3.63, 3.8) is 0 Å². The van der Waals surface area contributed by atoms with Crippen molar-refractivity contribution >= 4 is 28.2 Å². The molecule has 1 aromatic heterocycles. The van der Waals surface area contributed by atoms with E-state index in [1.807, 2.05) is 0 Å². The SMILES string of the molecule is NC(=O)c1ccsc1NC(=O)CN1CCC[C@@H]2CCCC[C@H]21. The van der Waals surface area contributed by atoms with Crippen LogP contribution in [0.15, 0.2) is 11.4 Å².